The number of hydrogen-bond acceptors (Lipinski definition) is 3. The van der Waals surface area contributed by atoms with Crippen LogP contribution in [0.25, 0.3) is 5.57 Å². The molecule has 0 bridgehead atoms. The third-order valence-electron chi connectivity index (χ3n) is 3.82. The molecule has 0 aliphatic carbocycles. The van der Waals surface area contributed by atoms with Crippen LogP contribution >= 0.6 is 11.6 Å². The molecular weight excluding hydrogens is 350 g/mol. The Hall–Kier alpha value is -2.30. The normalized spacial score (nSPS) is 12.9. The summed E-state index contributed by atoms with van der Waals surface area (Å²) < 4.78 is 7.44. The number of ether oxygens (including phenoxy) is 1. The molecule has 4 nitrogen and oxygen atoms in total. The van der Waals surface area contributed by atoms with Crippen molar-refractivity contribution in [2.75, 3.05) is 6.61 Å². The zero-order valence-electron chi connectivity index (χ0n) is 15.6. The van der Waals surface area contributed by atoms with Gasteiger partial charge in [-0.3, -0.25) is 4.79 Å². The van der Waals surface area contributed by atoms with E-state index in [0.29, 0.717) is 40.5 Å². The fraction of sp³-hybridized carbons (Fsp3) is 0.286. The van der Waals surface area contributed by atoms with Crippen molar-refractivity contribution < 1.29 is 9.84 Å². The molecule has 0 unspecified atom stereocenters. The van der Waals surface area contributed by atoms with Crippen molar-refractivity contribution in [3.05, 3.63) is 87.8 Å². The summed E-state index contributed by atoms with van der Waals surface area (Å²) in [6.07, 6.45) is 10.1. The minimum atomic E-state index is -0.197. The standard InChI is InChI=1S/C21H26ClNO3/c1-6-10-17(18-14-23(5)21(25)13-19(18)22)15(4)26-20(8-3)16(7-2)11-9-12-24/h6-8,10,13-14,24H,1,4,9,11-12H2,2-3,5H3/b16-7-,17-10+,20-8+. The van der Waals surface area contributed by atoms with E-state index in [0.717, 1.165) is 5.57 Å². The number of aliphatic hydroxyl groups excluding tert-OH is 1. The summed E-state index contributed by atoms with van der Waals surface area (Å²) in [4.78, 5) is 11.7. The molecule has 1 aromatic rings. The fourth-order valence-electron chi connectivity index (χ4n) is 2.43. The number of hydrogen-bond donors (Lipinski definition) is 1. The molecule has 0 amide bonds. The second kappa shape index (κ2) is 10.6. The molecule has 0 aromatic carbocycles. The first-order valence-electron chi connectivity index (χ1n) is 8.38. The molecule has 0 saturated heterocycles. The molecule has 5 heteroatoms. The lowest BCUT2D eigenvalue weighted by Crippen LogP contribution is -2.16. The molecule has 140 valence electrons. The average Bonchev–Trinajstić information content (AvgIpc) is 2.62. The van der Waals surface area contributed by atoms with Gasteiger partial charge in [-0.2, -0.15) is 0 Å². The molecule has 0 atom stereocenters. The first kappa shape index (κ1) is 21.7. The van der Waals surface area contributed by atoms with E-state index >= 15 is 0 Å². The molecule has 1 heterocycles. The molecule has 26 heavy (non-hydrogen) atoms. The SMILES string of the molecule is C=C/C=C(\C(=C)OC(=C/C)/C(=C\C)CCCO)c1cn(C)c(=O)cc1Cl. The van der Waals surface area contributed by atoms with Crippen LogP contribution in [0.3, 0.4) is 0 Å². The summed E-state index contributed by atoms with van der Waals surface area (Å²) in [5.74, 6) is 1.06. The Kier molecular flexibility index (Phi) is 8.90. The van der Waals surface area contributed by atoms with Crippen molar-refractivity contribution in [2.24, 2.45) is 7.05 Å². The van der Waals surface area contributed by atoms with E-state index in [4.69, 9.17) is 21.4 Å². The summed E-state index contributed by atoms with van der Waals surface area (Å²) in [6, 6.07) is 1.36. The largest absolute Gasteiger partial charge is 0.457 e. The van der Waals surface area contributed by atoms with Crippen LogP contribution in [-0.4, -0.2) is 16.3 Å². The zero-order valence-corrected chi connectivity index (χ0v) is 16.3. The lowest BCUT2D eigenvalue weighted by atomic mass is 10.0. The van der Waals surface area contributed by atoms with Crippen molar-refractivity contribution in [2.45, 2.75) is 26.7 Å². The van der Waals surface area contributed by atoms with Crippen LogP contribution in [0, 0.1) is 0 Å². The van der Waals surface area contributed by atoms with E-state index in [-0.39, 0.29) is 12.2 Å². The lowest BCUT2D eigenvalue weighted by Gasteiger charge is -2.18. The first-order valence-corrected chi connectivity index (χ1v) is 8.76. The monoisotopic (exact) mass is 375 g/mol. The van der Waals surface area contributed by atoms with Gasteiger partial charge < -0.3 is 14.4 Å². The van der Waals surface area contributed by atoms with Gasteiger partial charge >= 0.3 is 0 Å². The van der Waals surface area contributed by atoms with E-state index in [2.05, 4.69) is 13.2 Å². The second-order valence-corrected chi connectivity index (χ2v) is 6.03. The Labute approximate surface area is 160 Å². The van der Waals surface area contributed by atoms with E-state index in [9.17, 15) is 4.79 Å². The Morgan fingerprint density at radius 2 is 2.08 bits per heavy atom. The van der Waals surface area contributed by atoms with Gasteiger partial charge in [0.2, 0.25) is 0 Å². The van der Waals surface area contributed by atoms with Crippen LogP contribution in [0.2, 0.25) is 5.02 Å². The van der Waals surface area contributed by atoms with Gasteiger partial charge in [-0.05, 0) is 38.3 Å². The number of rotatable bonds is 9. The molecule has 0 fully saturated rings. The van der Waals surface area contributed by atoms with Crippen LogP contribution in [0.4, 0.5) is 0 Å². The minimum absolute atomic E-state index is 0.116. The summed E-state index contributed by atoms with van der Waals surface area (Å²) in [7, 11) is 1.65. The molecular formula is C21H26ClNO3. The topological polar surface area (TPSA) is 51.5 Å². The van der Waals surface area contributed by atoms with E-state index in [1.165, 1.54) is 10.6 Å². The van der Waals surface area contributed by atoms with Crippen molar-refractivity contribution >= 4 is 17.2 Å². The summed E-state index contributed by atoms with van der Waals surface area (Å²) in [5, 5.41) is 9.38. The number of pyridine rings is 1. The van der Waals surface area contributed by atoms with Crippen molar-refractivity contribution in [1.82, 2.24) is 4.57 Å². The smallest absolute Gasteiger partial charge is 0.251 e. The van der Waals surface area contributed by atoms with Crippen LogP contribution in [0.5, 0.6) is 0 Å². The number of allylic oxidation sites excluding steroid dienone is 6. The number of aliphatic hydroxyl groups is 1. The minimum Gasteiger partial charge on any atom is -0.457 e. The van der Waals surface area contributed by atoms with Crippen LogP contribution in [0.15, 0.2) is 71.6 Å². The maximum Gasteiger partial charge on any atom is 0.251 e. The highest BCUT2D eigenvalue weighted by Crippen LogP contribution is 2.31. The predicted molar refractivity (Wildman–Crippen MR) is 109 cm³/mol. The van der Waals surface area contributed by atoms with Gasteiger partial charge in [-0.25, -0.2) is 0 Å². The van der Waals surface area contributed by atoms with E-state index in [1.54, 1.807) is 25.4 Å². The van der Waals surface area contributed by atoms with E-state index in [1.807, 2.05) is 26.0 Å². The van der Waals surface area contributed by atoms with E-state index < -0.39 is 0 Å². The highest BCUT2D eigenvalue weighted by molar-refractivity contribution is 6.32. The summed E-state index contributed by atoms with van der Waals surface area (Å²) in [6.45, 7) is 11.7. The molecule has 0 aliphatic rings. The quantitative estimate of drug-likeness (QED) is 0.500. The van der Waals surface area contributed by atoms with Crippen LogP contribution in [-0.2, 0) is 11.8 Å². The number of aromatic nitrogens is 1. The number of halogens is 1. The maximum atomic E-state index is 11.7. The maximum absolute atomic E-state index is 11.7. The van der Waals surface area contributed by atoms with Gasteiger partial charge in [0.25, 0.3) is 5.56 Å². The van der Waals surface area contributed by atoms with Gasteiger partial charge in [-0.15, -0.1) is 0 Å². The van der Waals surface area contributed by atoms with Crippen molar-refractivity contribution in [3.8, 4) is 0 Å². The summed E-state index contributed by atoms with van der Waals surface area (Å²) >= 11 is 6.27. The Morgan fingerprint density at radius 1 is 1.38 bits per heavy atom. The number of nitrogens with zero attached hydrogens (tertiary/aromatic N) is 1. The predicted octanol–water partition coefficient (Wildman–Crippen LogP) is 4.76. The highest BCUT2D eigenvalue weighted by Gasteiger charge is 2.15. The van der Waals surface area contributed by atoms with Crippen LogP contribution < -0.4 is 5.56 Å². The molecule has 1 rings (SSSR count). The molecule has 0 aliphatic heterocycles. The molecule has 0 saturated carbocycles. The third kappa shape index (κ3) is 5.61. The molecule has 0 spiro atoms. The fourth-order valence-corrected chi connectivity index (χ4v) is 2.68. The number of aryl methyl sites for hydroxylation is 1. The highest BCUT2D eigenvalue weighted by atomic mass is 35.5. The Bertz CT molecular complexity index is 813. The van der Waals surface area contributed by atoms with Crippen molar-refractivity contribution in [1.29, 1.82) is 0 Å². The lowest BCUT2D eigenvalue weighted by molar-refractivity contribution is 0.284. The first-order chi connectivity index (χ1) is 12.4. The van der Waals surface area contributed by atoms with Crippen LogP contribution in [0.1, 0.15) is 32.3 Å². The second-order valence-electron chi connectivity index (χ2n) is 5.62. The molecule has 1 aromatic heterocycles. The van der Waals surface area contributed by atoms with Crippen molar-refractivity contribution in [3.63, 3.8) is 0 Å². The summed E-state index contributed by atoms with van der Waals surface area (Å²) in [5.41, 5.74) is 2.05. The Morgan fingerprint density at radius 3 is 2.62 bits per heavy atom. The zero-order chi connectivity index (χ0) is 19.7. The van der Waals surface area contributed by atoms with Gasteiger partial charge in [0.1, 0.15) is 11.5 Å². The van der Waals surface area contributed by atoms with Gasteiger partial charge in [0, 0.05) is 37.1 Å². The molecule has 1 N–H and O–H groups in total. The average molecular weight is 376 g/mol. The molecule has 0 radical (unpaired) electrons. The Balaban J connectivity index is 3.22. The third-order valence-corrected chi connectivity index (χ3v) is 4.13. The van der Waals surface area contributed by atoms with Gasteiger partial charge in [-0.1, -0.05) is 43.0 Å². The van der Waals surface area contributed by atoms with Gasteiger partial charge in [0.05, 0.1) is 5.02 Å². The van der Waals surface area contributed by atoms with Gasteiger partial charge in [0.15, 0.2) is 0 Å².